The van der Waals surface area contributed by atoms with Gasteiger partial charge in [-0.25, -0.2) is 0 Å². The lowest BCUT2D eigenvalue weighted by Gasteiger charge is -2.27. The molecule has 11 heavy (non-hydrogen) atoms. The average Bonchev–Trinajstić information content (AvgIpc) is 2.87. The lowest BCUT2D eigenvalue weighted by molar-refractivity contribution is 0.268. The molecule has 0 saturated heterocycles. The molecule has 0 nitrogen and oxygen atoms in total. The molecule has 0 aromatic carbocycles. The maximum Gasteiger partial charge on any atom is -0.00695 e. The molecule has 0 aliphatic heterocycles. The van der Waals surface area contributed by atoms with Crippen molar-refractivity contribution in [2.24, 2.45) is 17.8 Å². The van der Waals surface area contributed by atoms with E-state index >= 15 is 0 Å². The van der Waals surface area contributed by atoms with Gasteiger partial charge < -0.3 is 0 Å². The molecule has 0 unspecified atom stereocenters. The summed E-state index contributed by atoms with van der Waals surface area (Å²) < 4.78 is 0. The Balaban J connectivity index is 1.75. The first-order valence-corrected chi connectivity index (χ1v) is 5.64. The van der Waals surface area contributed by atoms with Crippen LogP contribution >= 0.6 is 12.6 Å². The van der Waals surface area contributed by atoms with E-state index in [1.807, 2.05) is 0 Å². The van der Waals surface area contributed by atoms with Crippen LogP contribution in [0.3, 0.4) is 0 Å². The zero-order valence-corrected chi connectivity index (χ0v) is 8.02. The molecular weight excluding hydrogens is 152 g/mol. The van der Waals surface area contributed by atoms with Gasteiger partial charge in [0.2, 0.25) is 0 Å². The summed E-state index contributed by atoms with van der Waals surface area (Å²) in [6.07, 6.45) is 9.02. The zero-order valence-electron chi connectivity index (χ0n) is 7.13. The highest BCUT2D eigenvalue weighted by Crippen LogP contribution is 2.45. The predicted molar refractivity (Wildman–Crippen MR) is 52.0 cm³/mol. The van der Waals surface area contributed by atoms with Gasteiger partial charge in [-0.2, -0.15) is 12.6 Å². The average molecular weight is 170 g/mol. The van der Waals surface area contributed by atoms with E-state index in [1.165, 1.54) is 38.5 Å². The molecule has 0 aromatic rings. The van der Waals surface area contributed by atoms with Crippen LogP contribution in [0, 0.1) is 17.8 Å². The third-order valence-corrected chi connectivity index (χ3v) is 3.95. The quantitative estimate of drug-likeness (QED) is 0.605. The Morgan fingerprint density at radius 2 is 1.27 bits per heavy atom. The van der Waals surface area contributed by atoms with Gasteiger partial charge in [-0.05, 0) is 62.0 Å². The van der Waals surface area contributed by atoms with Crippen molar-refractivity contribution in [1.82, 2.24) is 0 Å². The van der Waals surface area contributed by atoms with Crippen molar-refractivity contribution in [3.05, 3.63) is 0 Å². The fraction of sp³-hybridized carbons (Fsp3) is 1.00. The van der Waals surface area contributed by atoms with Crippen LogP contribution in [0.1, 0.15) is 38.5 Å². The Morgan fingerprint density at radius 1 is 0.818 bits per heavy atom. The highest BCUT2D eigenvalue weighted by atomic mass is 32.1. The summed E-state index contributed by atoms with van der Waals surface area (Å²) in [6, 6.07) is 0. The van der Waals surface area contributed by atoms with Crippen molar-refractivity contribution in [3.8, 4) is 0 Å². The second kappa shape index (κ2) is 3.38. The molecule has 0 atom stereocenters. The Hall–Kier alpha value is 0.350. The predicted octanol–water partition coefficient (Wildman–Crippen LogP) is 3.13. The number of hydrogen-bond acceptors (Lipinski definition) is 1. The first-order valence-electron chi connectivity index (χ1n) is 5.01. The molecule has 2 aliphatic carbocycles. The normalized spacial score (nSPS) is 39.0. The first-order chi connectivity index (χ1) is 5.40. The lowest BCUT2D eigenvalue weighted by Crippen LogP contribution is -2.16. The maximum atomic E-state index is 4.36. The zero-order chi connectivity index (χ0) is 7.68. The van der Waals surface area contributed by atoms with Crippen LogP contribution in [0.15, 0.2) is 0 Å². The van der Waals surface area contributed by atoms with Crippen molar-refractivity contribution in [2.75, 3.05) is 5.75 Å². The molecule has 0 spiro atoms. The molecule has 2 saturated carbocycles. The fourth-order valence-corrected chi connectivity index (χ4v) is 2.77. The van der Waals surface area contributed by atoms with Gasteiger partial charge in [0, 0.05) is 0 Å². The molecule has 0 aromatic heterocycles. The van der Waals surface area contributed by atoms with E-state index in [0.29, 0.717) is 0 Å². The highest BCUT2D eigenvalue weighted by Gasteiger charge is 2.33. The third-order valence-electron chi connectivity index (χ3n) is 3.44. The first kappa shape index (κ1) is 7.97. The molecule has 2 fully saturated rings. The molecule has 0 bridgehead atoms. The van der Waals surface area contributed by atoms with E-state index in [1.54, 1.807) is 0 Å². The second-order valence-electron chi connectivity index (χ2n) is 4.30. The van der Waals surface area contributed by atoms with Gasteiger partial charge in [0.25, 0.3) is 0 Å². The Labute approximate surface area is 75.2 Å². The highest BCUT2D eigenvalue weighted by molar-refractivity contribution is 7.80. The molecule has 64 valence electrons. The van der Waals surface area contributed by atoms with Crippen LogP contribution in [-0.2, 0) is 0 Å². The molecular formula is C10H18S. The topological polar surface area (TPSA) is 0 Å². The fourth-order valence-electron chi connectivity index (χ4n) is 2.41. The second-order valence-corrected chi connectivity index (χ2v) is 4.67. The van der Waals surface area contributed by atoms with Gasteiger partial charge in [0.05, 0.1) is 0 Å². The van der Waals surface area contributed by atoms with E-state index in [0.717, 1.165) is 23.5 Å². The van der Waals surface area contributed by atoms with Gasteiger partial charge in [-0.1, -0.05) is 0 Å². The van der Waals surface area contributed by atoms with Gasteiger partial charge in [0.15, 0.2) is 0 Å². The number of hydrogen-bond donors (Lipinski definition) is 1. The van der Waals surface area contributed by atoms with E-state index in [-0.39, 0.29) is 0 Å². The maximum absolute atomic E-state index is 4.36. The van der Waals surface area contributed by atoms with Crippen LogP contribution in [0.5, 0.6) is 0 Å². The molecule has 1 heteroatoms. The lowest BCUT2D eigenvalue weighted by atomic mass is 9.80. The minimum Gasteiger partial charge on any atom is -0.179 e. The minimum absolute atomic E-state index is 0.952. The number of thiol groups is 1. The van der Waals surface area contributed by atoms with Crippen molar-refractivity contribution in [3.63, 3.8) is 0 Å². The van der Waals surface area contributed by atoms with E-state index in [2.05, 4.69) is 12.6 Å². The Kier molecular flexibility index (Phi) is 2.45. The van der Waals surface area contributed by atoms with Crippen LogP contribution < -0.4 is 0 Å². The van der Waals surface area contributed by atoms with Crippen molar-refractivity contribution in [1.29, 1.82) is 0 Å². The standard InChI is InChI=1S/C10H18S/c11-7-8-1-3-9(4-2-8)10-5-6-10/h8-11H,1-7H2. The van der Waals surface area contributed by atoms with Gasteiger partial charge in [-0.15, -0.1) is 0 Å². The van der Waals surface area contributed by atoms with E-state index in [9.17, 15) is 0 Å². The largest absolute Gasteiger partial charge is 0.179 e. The van der Waals surface area contributed by atoms with Crippen molar-refractivity contribution >= 4 is 12.6 Å². The van der Waals surface area contributed by atoms with Crippen molar-refractivity contribution in [2.45, 2.75) is 38.5 Å². The number of rotatable bonds is 2. The van der Waals surface area contributed by atoms with E-state index < -0.39 is 0 Å². The summed E-state index contributed by atoms with van der Waals surface area (Å²) in [5.74, 6) is 4.34. The summed E-state index contributed by atoms with van der Waals surface area (Å²) in [6.45, 7) is 0. The summed E-state index contributed by atoms with van der Waals surface area (Å²) in [7, 11) is 0. The summed E-state index contributed by atoms with van der Waals surface area (Å²) >= 11 is 4.36. The summed E-state index contributed by atoms with van der Waals surface area (Å²) in [4.78, 5) is 0. The Bertz CT molecular complexity index is 121. The van der Waals surface area contributed by atoms with Crippen LogP contribution in [0.25, 0.3) is 0 Å². The minimum atomic E-state index is 0.952. The van der Waals surface area contributed by atoms with Gasteiger partial charge >= 0.3 is 0 Å². The molecule has 0 N–H and O–H groups in total. The smallest absolute Gasteiger partial charge is 0.00695 e. The molecule has 0 radical (unpaired) electrons. The summed E-state index contributed by atoms with van der Waals surface area (Å²) in [5.41, 5.74) is 0. The molecule has 0 heterocycles. The van der Waals surface area contributed by atoms with E-state index in [4.69, 9.17) is 0 Å². The summed E-state index contributed by atoms with van der Waals surface area (Å²) in [5, 5.41) is 0. The third kappa shape index (κ3) is 1.93. The van der Waals surface area contributed by atoms with Gasteiger partial charge in [-0.3, -0.25) is 0 Å². The van der Waals surface area contributed by atoms with Crippen molar-refractivity contribution < 1.29 is 0 Å². The SMILES string of the molecule is SCC1CCC(C2CC2)CC1. The molecule has 2 aliphatic rings. The van der Waals surface area contributed by atoms with Crippen LogP contribution in [0.2, 0.25) is 0 Å². The monoisotopic (exact) mass is 170 g/mol. The van der Waals surface area contributed by atoms with Crippen LogP contribution in [0.4, 0.5) is 0 Å². The van der Waals surface area contributed by atoms with Crippen LogP contribution in [-0.4, -0.2) is 5.75 Å². The van der Waals surface area contributed by atoms with Gasteiger partial charge in [0.1, 0.15) is 0 Å². The molecule has 2 rings (SSSR count). The molecule has 0 amide bonds. The Morgan fingerprint density at radius 3 is 1.64 bits per heavy atom.